The summed E-state index contributed by atoms with van der Waals surface area (Å²) in [6.45, 7) is 6.21. The molecule has 0 aliphatic heterocycles. The van der Waals surface area contributed by atoms with Crippen molar-refractivity contribution in [3.05, 3.63) is 24.0 Å². The van der Waals surface area contributed by atoms with Crippen LogP contribution in [0.1, 0.15) is 51.3 Å². The molecule has 0 aromatic carbocycles. The second-order valence-electron chi connectivity index (χ2n) is 5.48. The van der Waals surface area contributed by atoms with Crippen molar-refractivity contribution < 1.29 is 9.84 Å². The lowest BCUT2D eigenvalue weighted by atomic mass is 9.85. The number of likely N-dealkylation sites (N-methyl/N-ethyl adjacent to an activating group) is 1. The number of methoxy groups -OCH3 is 1. The minimum atomic E-state index is -0.596. The zero-order chi connectivity index (χ0) is 14.6. The van der Waals surface area contributed by atoms with Gasteiger partial charge in [0.25, 0.3) is 0 Å². The molecule has 1 saturated carbocycles. The average Bonchev–Trinajstić information content (AvgIpc) is 2.98. The topological polar surface area (TPSA) is 45.6 Å². The molecule has 0 radical (unpaired) electrons. The first kappa shape index (κ1) is 15.3. The number of hydrogen-bond acceptors (Lipinski definition) is 4. The second-order valence-corrected chi connectivity index (χ2v) is 5.48. The summed E-state index contributed by atoms with van der Waals surface area (Å²) in [5.41, 5.74) is 0.481. The van der Waals surface area contributed by atoms with E-state index in [0.29, 0.717) is 11.4 Å². The summed E-state index contributed by atoms with van der Waals surface area (Å²) in [7, 11) is 1.63. The van der Waals surface area contributed by atoms with Crippen molar-refractivity contribution in [3.8, 4) is 5.75 Å². The van der Waals surface area contributed by atoms with Crippen LogP contribution in [-0.4, -0.2) is 40.7 Å². The lowest BCUT2D eigenvalue weighted by molar-refractivity contribution is -0.0301. The Morgan fingerprint density at radius 2 is 2.00 bits per heavy atom. The maximum atomic E-state index is 11.0. The molecule has 1 heterocycles. The molecule has 0 saturated heterocycles. The van der Waals surface area contributed by atoms with E-state index < -0.39 is 6.10 Å². The molecule has 1 aliphatic rings. The summed E-state index contributed by atoms with van der Waals surface area (Å²) >= 11 is 0. The Morgan fingerprint density at radius 3 is 2.55 bits per heavy atom. The van der Waals surface area contributed by atoms with Crippen molar-refractivity contribution in [2.75, 3.05) is 20.2 Å². The SMILES string of the molecule is CCN(CC)C1(C(O)c2ncccc2OC)CCCC1. The van der Waals surface area contributed by atoms with Crippen molar-refractivity contribution in [1.29, 1.82) is 0 Å². The third-order valence-electron chi connectivity index (χ3n) is 4.65. The number of hydrogen-bond donors (Lipinski definition) is 1. The number of aliphatic hydroxyl groups excluding tert-OH is 1. The molecule has 1 fully saturated rings. The predicted octanol–water partition coefficient (Wildman–Crippen LogP) is 2.78. The van der Waals surface area contributed by atoms with Gasteiger partial charge in [-0.05, 0) is 38.1 Å². The molecule has 1 N–H and O–H groups in total. The van der Waals surface area contributed by atoms with E-state index in [4.69, 9.17) is 4.74 Å². The fourth-order valence-electron chi connectivity index (χ4n) is 3.64. The van der Waals surface area contributed by atoms with E-state index in [1.54, 1.807) is 13.3 Å². The van der Waals surface area contributed by atoms with Crippen molar-refractivity contribution in [2.45, 2.75) is 51.2 Å². The van der Waals surface area contributed by atoms with Gasteiger partial charge in [-0.2, -0.15) is 0 Å². The van der Waals surface area contributed by atoms with Crippen molar-refractivity contribution in [2.24, 2.45) is 0 Å². The summed E-state index contributed by atoms with van der Waals surface area (Å²) < 4.78 is 5.38. The standard InChI is InChI=1S/C16H26N2O2/c1-4-18(5-2)16(10-6-7-11-16)15(19)14-13(20-3)9-8-12-17-14/h8-9,12,15,19H,4-7,10-11H2,1-3H3. The molecule has 1 aliphatic carbocycles. The number of aromatic nitrogens is 1. The largest absolute Gasteiger partial charge is 0.495 e. The van der Waals surface area contributed by atoms with Crippen molar-refractivity contribution in [3.63, 3.8) is 0 Å². The third-order valence-corrected chi connectivity index (χ3v) is 4.65. The number of pyridine rings is 1. The normalized spacial score (nSPS) is 19.2. The van der Waals surface area contributed by atoms with Gasteiger partial charge in [0, 0.05) is 6.20 Å². The van der Waals surface area contributed by atoms with Crippen LogP contribution in [0.25, 0.3) is 0 Å². The van der Waals surface area contributed by atoms with Gasteiger partial charge < -0.3 is 9.84 Å². The highest BCUT2D eigenvalue weighted by molar-refractivity contribution is 5.31. The highest BCUT2D eigenvalue weighted by Gasteiger charge is 2.46. The zero-order valence-electron chi connectivity index (χ0n) is 12.8. The fraction of sp³-hybridized carbons (Fsp3) is 0.688. The molecular formula is C16H26N2O2. The molecule has 1 atom stereocenters. The van der Waals surface area contributed by atoms with E-state index in [1.165, 1.54) is 12.8 Å². The minimum absolute atomic E-state index is 0.189. The van der Waals surface area contributed by atoms with Crippen LogP contribution in [0.2, 0.25) is 0 Å². The van der Waals surface area contributed by atoms with Gasteiger partial charge in [-0.15, -0.1) is 0 Å². The lowest BCUT2D eigenvalue weighted by Crippen LogP contribution is -2.51. The van der Waals surface area contributed by atoms with E-state index in [1.807, 2.05) is 12.1 Å². The Kier molecular flexibility index (Phi) is 5.00. The molecule has 1 aromatic rings. The lowest BCUT2D eigenvalue weighted by Gasteiger charge is -2.43. The number of rotatable bonds is 6. The average molecular weight is 278 g/mol. The maximum absolute atomic E-state index is 11.0. The minimum Gasteiger partial charge on any atom is -0.495 e. The summed E-state index contributed by atoms with van der Waals surface area (Å²) in [6, 6.07) is 3.71. The Labute approximate surface area is 121 Å². The van der Waals surface area contributed by atoms with Crippen LogP contribution in [0.4, 0.5) is 0 Å². The molecule has 112 valence electrons. The molecule has 4 nitrogen and oxygen atoms in total. The molecule has 0 spiro atoms. The maximum Gasteiger partial charge on any atom is 0.143 e. The van der Waals surface area contributed by atoms with Crippen LogP contribution in [0, 0.1) is 0 Å². The van der Waals surface area contributed by atoms with Gasteiger partial charge in [-0.3, -0.25) is 9.88 Å². The Morgan fingerprint density at radius 1 is 1.35 bits per heavy atom. The third kappa shape index (κ3) is 2.54. The van der Waals surface area contributed by atoms with Gasteiger partial charge in [0.1, 0.15) is 17.5 Å². The van der Waals surface area contributed by atoms with E-state index in [9.17, 15) is 5.11 Å². The quantitative estimate of drug-likeness (QED) is 0.869. The molecule has 20 heavy (non-hydrogen) atoms. The molecule has 4 heteroatoms. The molecule has 1 unspecified atom stereocenters. The summed E-state index contributed by atoms with van der Waals surface area (Å²) in [6.07, 6.45) is 5.52. The van der Waals surface area contributed by atoms with E-state index >= 15 is 0 Å². The number of nitrogens with zero attached hydrogens (tertiary/aromatic N) is 2. The van der Waals surface area contributed by atoms with E-state index in [2.05, 4.69) is 23.7 Å². The second kappa shape index (κ2) is 6.55. The Balaban J connectivity index is 2.38. The van der Waals surface area contributed by atoms with Gasteiger partial charge in [0.2, 0.25) is 0 Å². The Bertz CT molecular complexity index is 426. The van der Waals surface area contributed by atoms with Gasteiger partial charge in [-0.1, -0.05) is 26.7 Å². The van der Waals surface area contributed by atoms with Crippen LogP contribution in [0.5, 0.6) is 5.75 Å². The molecule has 0 bridgehead atoms. The van der Waals surface area contributed by atoms with Gasteiger partial charge in [-0.25, -0.2) is 0 Å². The van der Waals surface area contributed by atoms with E-state index in [-0.39, 0.29) is 5.54 Å². The molecule has 1 aromatic heterocycles. The highest BCUT2D eigenvalue weighted by atomic mass is 16.5. The van der Waals surface area contributed by atoms with Crippen LogP contribution in [-0.2, 0) is 0 Å². The number of ether oxygens (including phenoxy) is 1. The summed E-state index contributed by atoms with van der Waals surface area (Å²) in [5, 5.41) is 11.0. The van der Waals surface area contributed by atoms with Crippen molar-refractivity contribution in [1.82, 2.24) is 9.88 Å². The summed E-state index contributed by atoms with van der Waals surface area (Å²) in [4.78, 5) is 6.78. The predicted molar refractivity (Wildman–Crippen MR) is 79.9 cm³/mol. The monoisotopic (exact) mass is 278 g/mol. The summed E-state index contributed by atoms with van der Waals surface area (Å²) in [5.74, 6) is 0.679. The van der Waals surface area contributed by atoms with Gasteiger partial charge >= 0.3 is 0 Å². The number of aliphatic hydroxyl groups is 1. The zero-order valence-corrected chi connectivity index (χ0v) is 12.8. The van der Waals surface area contributed by atoms with E-state index in [0.717, 1.165) is 25.9 Å². The van der Waals surface area contributed by atoms with Gasteiger partial charge in [0.05, 0.1) is 12.6 Å². The van der Waals surface area contributed by atoms with Crippen LogP contribution < -0.4 is 4.74 Å². The van der Waals surface area contributed by atoms with Crippen LogP contribution in [0.3, 0.4) is 0 Å². The molecule has 0 amide bonds. The molecular weight excluding hydrogens is 252 g/mol. The van der Waals surface area contributed by atoms with Gasteiger partial charge in [0.15, 0.2) is 0 Å². The first-order chi connectivity index (χ1) is 9.69. The first-order valence-electron chi connectivity index (χ1n) is 7.61. The Hall–Kier alpha value is -1.13. The highest BCUT2D eigenvalue weighted by Crippen LogP contribution is 2.45. The molecule has 2 rings (SSSR count). The smallest absolute Gasteiger partial charge is 0.143 e. The first-order valence-corrected chi connectivity index (χ1v) is 7.61. The fourth-order valence-corrected chi connectivity index (χ4v) is 3.64. The van der Waals surface area contributed by atoms with Crippen LogP contribution in [0.15, 0.2) is 18.3 Å². The van der Waals surface area contributed by atoms with Crippen molar-refractivity contribution >= 4 is 0 Å². The van der Waals surface area contributed by atoms with Crippen LogP contribution >= 0.6 is 0 Å².